The summed E-state index contributed by atoms with van der Waals surface area (Å²) in [5.41, 5.74) is 2.92. The summed E-state index contributed by atoms with van der Waals surface area (Å²) < 4.78 is 39.0. The molecule has 0 saturated heterocycles. The first-order valence-electron chi connectivity index (χ1n) is 9.38. The normalized spacial score (nSPS) is 12.2. The average molecular weight is 427 g/mol. The fraction of sp³-hybridized carbons (Fsp3) is 0.174. The molecule has 3 aromatic rings. The van der Waals surface area contributed by atoms with Gasteiger partial charge in [0, 0.05) is 0 Å². The van der Waals surface area contributed by atoms with Crippen molar-refractivity contribution in [3.63, 3.8) is 0 Å². The third-order valence-corrected chi connectivity index (χ3v) is 5.77. The van der Waals surface area contributed by atoms with Gasteiger partial charge in [-0.05, 0) is 36.2 Å². The van der Waals surface area contributed by atoms with Crippen molar-refractivity contribution < 1.29 is 17.6 Å². The lowest BCUT2D eigenvalue weighted by Gasteiger charge is -2.25. The van der Waals surface area contributed by atoms with Gasteiger partial charge in [-0.1, -0.05) is 66.2 Å². The van der Waals surface area contributed by atoms with E-state index in [0.717, 1.165) is 33.3 Å². The highest BCUT2D eigenvalue weighted by atomic mass is 32.2. The van der Waals surface area contributed by atoms with Crippen LogP contribution in [0.1, 0.15) is 22.7 Å². The van der Waals surface area contributed by atoms with E-state index in [9.17, 15) is 17.6 Å². The lowest BCUT2D eigenvalue weighted by atomic mass is 9.98. The number of nitrogens with zero attached hydrogens (tertiary/aromatic N) is 1. The zero-order chi connectivity index (χ0) is 21.7. The van der Waals surface area contributed by atoms with Crippen LogP contribution in [0.15, 0.2) is 78.9 Å². The van der Waals surface area contributed by atoms with Crippen LogP contribution in [0.25, 0.3) is 0 Å². The molecule has 3 aromatic carbocycles. The molecule has 0 spiro atoms. The van der Waals surface area contributed by atoms with Gasteiger partial charge in [-0.2, -0.15) is 0 Å². The number of carbonyl (C=O) groups is 1. The Balaban J connectivity index is 1.88. The highest BCUT2D eigenvalue weighted by Gasteiger charge is 2.24. The van der Waals surface area contributed by atoms with Gasteiger partial charge < -0.3 is 5.32 Å². The first-order chi connectivity index (χ1) is 14.2. The summed E-state index contributed by atoms with van der Waals surface area (Å²) in [7, 11) is -3.79. The molecule has 1 N–H and O–H groups in total. The maximum absolute atomic E-state index is 13.6. The summed E-state index contributed by atoms with van der Waals surface area (Å²) >= 11 is 0. The molecule has 0 aromatic heterocycles. The van der Waals surface area contributed by atoms with Gasteiger partial charge in [0.2, 0.25) is 15.9 Å². The Kier molecular flexibility index (Phi) is 6.52. The van der Waals surface area contributed by atoms with Gasteiger partial charge in [0.1, 0.15) is 12.4 Å². The topological polar surface area (TPSA) is 66.5 Å². The van der Waals surface area contributed by atoms with Gasteiger partial charge in [-0.25, -0.2) is 12.8 Å². The molecule has 0 saturated carbocycles. The van der Waals surface area contributed by atoms with Crippen molar-refractivity contribution >= 4 is 21.6 Å². The Labute approximate surface area is 176 Å². The molecule has 0 aliphatic heterocycles. The number of halogens is 1. The number of carbonyl (C=O) groups excluding carboxylic acids is 1. The minimum Gasteiger partial charge on any atom is -0.344 e. The van der Waals surface area contributed by atoms with E-state index in [0.29, 0.717) is 0 Å². The summed E-state index contributed by atoms with van der Waals surface area (Å²) in [4.78, 5) is 12.9. The van der Waals surface area contributed by atoms with Gasteiger partial charge in [-0.3, -0.25) is 9.10 Å². The first kappa shape index (κ1) is 21.5. The van der Waals surface area contributed by atoms with Crippen LogP contribution in [0.3, 0.4) is 0 Å². The minimum absolute atomic E-state index is 0.0965. The standard InChI is InChI=1S/C23H23FN2O3S/c1-17-11-13-19(14-12-17)23(18-7-4-3-5-8-18)25-22(27)16-26(30(2,28)29)21-10-6-9-20(24)15-21/h3-15,23H,16H2,1-2H3,(H,25,27). The van der Waals surface area contributed by atoms with Crippen LogP contribution in [-0.4, -0.2) is 27.1 Å². The lowest BCUT2D eigenvalue weighted by molar-refractivity contribution is -0.120. The van der Waals surface area contributed by atoms with E-state index >= 15 is 0 Å². The lowest BCUT2D eigenvalue weighted by Crippen LogP contribution is -2.41. The summed E-state index contributed by atoms with van der Waals surface area (Å²) in [6.45, 7) is 1.51. The van der Waals surface area contributed by atoms with Crippen molar-refractivity contribution in [2.45, 2.75) is 13.0 Å². The number of anilines is 1. The Bertz CT molecular complexity index is 1120. The van der Waals surface area contributed by atoms with Crippen molar-refractivity contribution in [1.29, 1.82) is 0 Å². The number of rotatable bonds is 7. The van der Waals surface area contributed by atoms with E-state index in [2.05, 4.69) is 5.32 Å². The molecule has 0 aliphatic rings. The van der Waals surface area contributed by atoms with Crippen molar-refractivity contribution in [2.75, 3.05) is 17.1 Å². The van der Waals surface area contributed by atoms with Crippen LogP contribution in [0.5, 0.6) is 0 Å². The van der Waals surface area contributed by atoms with Crippen LogP contribution < -0.4 is 9.62 Å². The zero-order valence-electron chi connectivity index (χ0n) is 16.7. The van der Waals surface area contributed by atoms with E-state index in [-0.39, 0.29) is 5.69 Å². The third kappa shape index (κ3) is 5.45. The van der Waals surface area contributed by atoms with Gasteiger partial charge in [-0.15, -0.1) is 0 Å². The largest absolute Gasteiger partial charge is 0.344 e. The number of aryl methyl sites for hydroxylation is 1. The zero-order valence-corrected chi connectivity index (χ0v) is 17.6. The van der Waals surface area contributed by atoms with E-state index in [4.69, 9.17) is 0 Å². The van der Waals surface area contributed by atoms with Gasteiger partial charge in [0.15, 0.2) is 0 Å². The predicted molar refractivity (Wildman–Crippen MR) is 116 cm³/mol. The number of nitrogens with one attached hydrogen (secondary N) is 1. The number of amides is 1. The van der Waals surface area contributed by atoms with Crippen molar-refractivity contribution in [3.05, 3.63) is 101 Å². The van der Waals surface area contributed by atoms with E-state index < -0.39 is 34.3 Å². The Morgan fingerprint density at radius 2 is 1.60 bits per heavy atom. The molecule has 7 heteroatoms. The monoisotopic (exact) mass is 426 g/mol. The maximum Gasteiger partial charge on any atom is 0.241 e. The number of hydrogen-bond acceptors (Lipinski definition) is 3. The third-order valence-electron chi connectivity index (χ3n) is 4.63. The molecular formula is C23H23FN2O3S. The van der Waals surface area contributed by atoms with Crippen LogP contribution in [0.2, 0.25) is 0 Å². The fourth-order valence-electron chi connectivity index (χ4n) is 3.13. The second-order valence-corrected chi connectivity index (χ2v) is 8.98. The molecule has 156 valence electrons. The molecule has 1 atom stereocenters. The highest BCUT2D eigenvalue weighted by Crippen LogP contribution is 2.23. The predicted octanol–water partition coefficient (Wildman–Crippen LogP) is 3.81. The molecule has 1 amide bonds. The van der Waals surface area contributed by atoms with Gasteiger partial charge in [0.05, 0.1) is 18.0 Å². The summed E-state index contributed by atoms with van der Waals surface area (Å²) in [6, 6.07) is 21.9. The van der Waals surface area contributed by atoms with E-state index in [1.54, 1.807) is 0 Å². The molecular weight excluding hydrogens is 403 g/mol. The number of hydrogen-bond donors (Lipinski definition) is 1. The molecule has 0 heterocycles. The molecule has 0 aliphatic carbocycles. The molecule has 30 heavy (non-hydrogen) atoms. The van der Waals surface area contributed by atoms with Crippen molar-refractivity contribution in [1.82, 2.24) is 5.32 Å². The highest BCUT2D eigenvalue weighted by molar-refractivity contribution is 7.92. The number of benzene rings is 3. The first-order valence-corrected chi connectivity index (χ1v) is 11.2. The molecule has 0 radical (unpaired) electrons. The minimum atomic E-state index is -3.79. The summed E-state index contributed by atoms with van der Waals surface area (Å²) in [5.74, 6) is -1.08. The van der Waals surface area contributed by atoms with Crippen molar-refractivity contribution in [2.24, 2.45) is 0 Å². The Morgan fingerprint density at radius 1 is 0.967 bits per heavy atom. The second kappa shape index (κ2) is 9.09. The quantitative estimate of drug-likeness (QED) is 0.625. The number of sulfonamides is 1. The molecule has 0 fully saturated rings. The molecule has 5 nitrogen and oxygen atoms in total. The van der Waals surface area contributed by atoms with Crippen LogP contribution >= 0.6 is 0 Å². The molecule has 1 unspecified atom stereocenters. The molecule has 3 rings (SSSR count). The Morgan fingerprint density at radius 3 is 2.20 bits per heavy atom. The maximum atomic E-state index is 13.6. The summed E-state index contributed by atoms with van der Waals surface area (Å²) in [5, 5.41) is 2.92. The SMILES string of the molecule is Cc1ccc(C(NC(=O)CN(c2cccc(F)c2)S(C)(=O)=O)c2ccccc2)cc1. The smallest absolute Gasteiger partial charge is 0.241 e. The fourth-order valence-corrected chi connectivity index (χ4v) is 3.98. The average Bonchev–Trinajstić information content (AvgIpc) is 2.71. The molecule has 0 bridgehead atoms. The Hall–Kier alpha value is -3.19. The van der Waals surface area contributed by atoms with E-state index in [1.165, 1.54) is 18.2 Å². The van der Waals surface area contributed by atoms with Gasteiger partial charge >= 0.3 is 0 Å². The van der Waals surface area contributed by atoms with Crippen LogP contribution in [-0.2, 0) is 14.8 Å². The van der Waals surface area contributed by atoms with Gasteiger partial charge in [0.25, 0.3) is 0 Å². The van der Waals surface area contributed by atoms with Crippen molar-refractivity contribution in [3.8, 4) is 0 Å². The second-order valence-electron chi connectivity index (χ2n) is 7.07. The summed E-state index contributed by atoms with van der Waals surface area (Å²) in [6.07, 6.45) is 0.986. The van der Waals surface area contributed by atoms with E-state index in [1.807, 2.05) is 61.5 Å². The van der Waals surface area contributed by atoms with Crippen LogP contribution in [0.4, 0.5) is 10.1 Å². The van der Waals surface area contributed by atoms with Crippen LogP contribution in [0, 0.1) is 12.7 Å².